The summed E-state index contributed by atoms with van der Waals surface area (Å²) >= 11 is 0. The lowest BCUT2D eigenvalue weighted by molar-refractivity contribution is -0.132. The molecular weight excluding hydrogens is 304 g/mol. The van der Waals surface area contributed by atoms with Crippen molar-refractivity contribution in [3.05, 3.63) is 23.3 Å². The molecule has 24 heavy (non-hydrogen) atoms. The number of aromatic hydroxyl groups is 1. The molecule has 4 nitrogen and oxygen atoms in total. The zero-order valence-electron chi connectivity index (χ0n) is 14.4. The molecule has 0 bridgehead atoms. The standard InChI is InChI=1S/C20H26O4/c1-11(21)24-17-10-13(22)9-12-3-4-14-15(19(12)17)7-8-20(2)16(14)5-6-18(20)23/h9-10,14-16,18,22-23H,3-8H2,1-2H3/t14-,15-,16-,18-,20-/m0/s1. The van der Waals surface area contributed by atoms with Crippen LogP contribution in [0.15, 0.2) is 12.1 Å². The zero-order chi connectivity index (χ0) is 17.1. The van der Waals surface area contributed by atoms with Crippen LogP contribution in [0.3, 0.4) is 0 Å². The first-order chi connectivity index (χ1) is 11.4. The van der Waals surface area contributed by atoms with Gasteiger partial charge in [0.1, 0.15) is 11.5 Å². The maximum atomic E-state index is 11.5. The number of hydrogen-bond acceptors (Lipinski definition) is 4. The average molecular weight is 330 g/mol. The molecule has 3 aliphatic carbocycles. The van der Waals surface area contributed by atoms with Gasteiger partial charge in [0.25, 0.3) is 0 Å². The van der Waals surface area contributed by atoms with Crippen molar-refractivity contribution in [1.29, 1.82) is 0 Å². The van der Waals surface area contributed by atoms with Gasteiger partial charge in [-0.2, -0.15) is 0 Å². The SMILES string of the molecule is CC(=O)Oc1cc(O)cc2c1[C@H]1CC[C@]3(C)[C@@H](O)CC[C@H]3[C@H]1CC2. The lowest BCUT2D eigenvalue weighted by atomic mass is 9.55. The second-order valence-corrected chi connectivity index (χ2v) is 8.16. The Morgan fingerprint density at radius 2 is 2.04 bits per heavy atom. The van der Waals surface area contributed by atoms with E-state index in [1.54, 1.807) is 6.07 Å². The molecule has 1 aromatic rings. The normalized spacial score (nSPS) is 37.3. The summed E-state index contributed by atoms with van der Waals surface area (Å²) in [5, 5.41) is 20.5. The van der Waals surface area contributed by atoms with E-state index < -0.39 is 0 Å². The average Bonchev–Trinajstić information content (AvgIpc) is 2.81. The highest BCUT2D eigenvalue weighted by atomic mass is 16.5. The molecule has 0 spiro atoms. The summed E-state index contributed by atoms with van der Waals surface area (Å²) in [5.74, 6) is 1.80. The summed E-state index contributed by atoms with van der Waals surface area (Å²) in [7, 11) is 0. The van der Waals surface area contributed by atoms with E-state index >= 15 is 0 Å². The largest absolute Gasteiger partial charge is 0.508 e. The first-order valence-electron chi connectivity index (χ1n) is 9.12. The van der Waals surface area contributed by atoms with Crippen LogP contribution in [-0.4, -0.2) is 22.3 Å². The Morgan fingerprint density at radius 1 is 1.25 bits per heavy atom. The fourth-order valence-corrected chi connectivity index (χ4v) is 5.88. The number of benzene rings is 1. The number of phenolic OH excluding ortho intramolecular Hbond substituents is 1. The van der Waals surface area contributed by atoms with E-state index in [0.717, 1.165) is 49.7 Å². The van der Waals surface area contributed by atoms with E-state index in [1.807, 2.05) is 6.07 Å². The highest BCUT2D eigenvalue weighted by Gasteiger charge is 2.54. The molecule has 0 unspecified atom stereocenters. The predicted molar refractivity (Wildman–Crippen MR) is 90.0 cm³/mol. The molecule has 0 saturated heterocycles. The van der Waals surface area contributed by atoms with Gasteiger partial charge in [0, 0.05) is 18.6 Å². The molecule has 0 heterocycles. The number of aryl methyl sites for hydroxylation is 1. The molecule has 4 heteroatoms. The van der Waals surface area contributed by atoms with Crippen LogP contribution >= 0.6 is 0 Å². The number of ether oxygens (including phenoxy) is 1. The Balaban J connectivity index is 1.75. The Morgan fingerprint density at radius 3 is 2.79 bits per heavy atom. The topological polar surface area (TPSA) is 66.8 Å². The highest BCUT2D eigenvalue weighted by Crippen LogP contribution is 2.62. The van der Waals surface area contributed by atoms with Gasteiger partial charge < -0.3 is 14.9 Å². The summed E-state index contributed by atoms with van der Waals surface area (Å²) in [6.45, 7) is 3.66. The second-order valence-electron chi connectivity index (χ2n) is 8.16. The molecule has 5 atom stereocenters. The fraction of sp³-hybridized carbons (Fsp3) is 0.650. The van der Waals surface area contributed by atoms with Crippen molar-refractivity contribution >= 4 is 5.97 Å². The third-order valence-electron chi connectivity index (χ3n) is 6.97. The van der Waals surface area contributed by atoms with Gasteiger partial charge in [-0.25, -0.2) is 0 Å². The highest BCUT2D eigenvalue weighted by molar-refractivity contribution is 5.70. The lowest BCUT2D eigenvalue weighted by Gasteiger charge is -2.50. The quantitative estimate of drug-likeness (QED) is 0.610. The number of carbonyl (C=O) groups excluding carboxylic acids is 1. The van der Waals surface area contributed by atoms with Crippen LogP contribution in [0, 0.1) is 17.3 Å². The van der Waals surface area contributed by atoms with Gasteiger partial charge in [0.05, 0.1) is 6.10 Å². The van der Waals surface area contributed by atoms with E-state index in [0.29, 0.717) is 23.5 Å². The number of carbonyl (C=O) groups is 1. The summed E-state index contributed by atoms with van der Waals surface area (Å²) in [5.41, 5.74) is 2.29. The first kappa shape index (κ1) is 15.9. The molecule has 1 aromatic carbocycles. The zero-order valence-corrected chi connectivity index (χ0v) is 14.4. The van der Waals surface area contributed by atoms with Gasteiger partial charge in [-0.3, -0.25) is 4.79 Å². The number of fused-ring (bicyclic) bond motifs is 5. The summed E-state index contributed by atoms with van der Waals surface area (Å²) in [4.78, 5) is 11.5. The molecule has 4 rings (SSSR count). The lowest BCUT2D eigenvalue weighted by Crippen LogP contribution is -2.44. The van der Waals surface area contributed by atoms with Gasteiger partial charge in [-0.1, -0.05) is 6.92 Å². The molecule has 130 valence electrons. The maximum Gasteiger partial charge on any atom is 0.308 e. The number of aliphatic hydroxyl groups excluding tert-OH is 1. The Hall–Kier alpha value is -1.55. The van der Waals surface area contributed by atoms with Crippen LogP contribution in [0.25, 0.3) is 0 Å². The molecular formula is C20H26O4. The van der Waals surface area contributed by atoms with E-state index in [9.17, 15) is 15.0 Å². The summed E-state index contributed by atoms with van der Waals surface area (Å²) < 4.78 is 5.45. The minimum Gasteiger partial charge on any atom is -0.508 e. The number of rotatable bonds is 1. The summed E-state index contributed by atoms with van der Waals surface area (Å²) in [6.07, 6.45) is 5.84. The van der Waals surface area contributed by atoms with Crippen LogP contribution in [0.4, 0.5) is 0 Å². The number of hydrogen-bond donors (Lipinski definition) is 2. The maximum absolute atomic E-state index is 11.5. The van der Waals surface area contributed by atoms with Crippen LogP contribution in [0.2, 0.25) is 0 Å². The van der Waals surface area contributed by atoms with Gasteiger partial charge in [-0.05, 0) is 73.3 Å². The fourth-order valence-electron chi connectivity index (χ4n) is 5.88. The minimum atomic E-state index is -0.346. The monoisotopic (exact) mass is 330 g/mol. The van der Waals surface area contributed by atoms with Crippen molar-refractivity contribution in [2.45, 2.75) is 64.4 Å². The number of phenols is 1. The molecule has 2 N–H and O–H groups in total. The van der Waals surface area contributed by atoms with Crippen molar-refractivity contribution in [3.8, 4) is 11.5 Å². The van der Waals surface area contributed by atoms with E-state index in [-0.39, 0.29) is 23.2 Å². The Kier molecular flexibility index (Phi) is 3.64. The Labute approximate surface area is 142 Å². The van der Waals surface area contributed by atoms with Gasteiger partial charge >= 0.3 is 5.97 Å². The third-order valence-corrected chi connectivity index (χ3v) is 6.97. The van der Waals surface area contributed by atoms with Crippen LogP contribution < -0.4 is 4.74 Å². The molecule has 0 amide bonds. The molecule has 0 radical (unpaired) electrons. The predicted octanol–water partition coefficient (Wildman–Crippen LogP) is 3.53. The van der Waals surface area contributed by atoms with Crippen molar-refractivity contribution in [2.24, 2.45) is 17.3 Å². The van der Waals surface area contributed by atoms with E-state index in [4.69, 9.17) is 4.74 Å². The van der Waals surface area contributed by atoms with Crippen molar-refractivity contribution < 1.29 is 19.7 Å². The third kappa shape index (κ3) is 2.26. The smallest absolute Gasteiger partial charge is 0.308 e. The van der Waals surface area contributed by atoms with Gasteiger partial charge in [0.15, 0.2) is 0 Å². The van der Waals surface area contributed by atoms with Crippen LogP contribution in [0.1, 0.15) is 63.0 Å². The summed E-state index contributed by atoms with van der Waals surface area (Å²) in [6, 6.07) is 3.41. The van der Waals surface area contributed by atoms with Crippen molar-refractivity contribution in [2.75, 3.05) is 0 Å². The van der Waals surface area contributed by atoms with Crippen molar-refractivity contribution in [3.63, 3.8) is 0 Å². The first-order valence-corrected chi connectivity index (χ1v) is 9.12. The van der Waals surface area contributed by atoms with E-state index in [2.05, 4.69) is 6.92 Å². The number of esters is 1. The molecule has 2 saturated carbocycles. The molecule has 0 aliphatic heterocycles. The van der Waals surface area contributed by atoms with Gasteiger partial charge in [-0.15, -0.1) is 0 Å². The van der Waals surface area contributed by atoms with Crippen LogP contribution in [-0.2, 0) is 11.2 Å². The minimum absolute atomic E-state index is 0.0389. The number of aliphatic hydroxyl groups is 1. The van der Waals surface area contributed by atoms with Crippen molar-refractivity contribution in [1.82, 2.24) is 0 Å². The molecule has 2 fully saturated rings. The second kappa shape index (κ2) is 5.48. The Bertz CT molecular complexity index is 682. The molecule has 3 aliphatic rings. The van der Waals surface area contributed by atoms with Gasteiger partial charge in [0.2, 0.25) is 0 Å². The van der Waals surface area contributed by atoms with Crippen LogP contribution in [0.5, 0.6) is 11.5 Å². The molecule has 0 aromatic heterocycles. The van der Waals surface area contributed by atoms with E-state index in [1.165, 1.54) is 6.92 Å².